The number of rotatable bonds is 7. The number of imide groups is 1. The number of nitrogens with zero attached hydrogens (tertiary/aromatic N) is 2. The first-order valence-corrected chi connectivity index (χ1v) is 12.5. The monoisotopic (exact) mass is 532 g/mol. The number of carbonyl (C=O) groups is 3. The van der Waals surface area contributed by atoms with Crippen LogP contribution in [0.5, 0.6) is 5.75 Å². The van der Waals surface area contributed by atoms with Gasteiger partial charge in [0.1, 0.15) is 5.75 Å². The van der Waals surface area contributed by atoms with Crippen LogP contribution in [0.2, 0.25) is 10.0 Å². The molecule has 0 bridgehead atoms. The summed E-state index contributed by atoms with van der Waals surface area (Å²) in [5.74, 6) is -0.690. The molecule has 0 fully saturated rings. The largest absolute Gasteiger partial charge is 0.492 e. The van der Waals surface area contributed by atoms with Crippen molar-refractivity contribution in [2.75, 3.05) is 24.6 Å². The lowest BCUT2D eigenvalue weighted by molar-refractivity contribution is 0.0611. The number of halogens is 2. The lowest BCUT2D eigenvalue weighted by Gasteiger charge is -2.31. The van der Waals surface area contributed by atoms with Crippen molar-refractivity contribution in [3.63, 3.8) is 0 Å². The van der Waals surface area contributed by atoms with Crippen LogP contribution in [0.25, 0.3) is 10.8 Å². The molecule has 0 saturated heterocycles. The zero-order chi connectivity index (χ0) is 26.1. The molecule has 3 amide bonds. The highest BCUT2D eigenvalue weighted by molar-refractivity contribution is 6.35. The molecule has 37 heavy (non-hydrogen) atoms. The molecule has 0 radical (unpaired) electrons. The normalized spacial score (nSPS) is 12.7. The van der Waals surface area contributed by atoms with Crippen molar-refractivity contribution in [3.05, 3.63) is 106 Å². The number of ether oxygens (including phenoxy) is 1. The van der Waals surface area contributed by atoms with E-state index in [1.807, 2.05) is 25.1 Å². The highest BCUT2D eigenvalue weighted by atomic mass is 35.5. The Kier molecular flexibility index (Phi) is 6.87. The first-order chi connectivity index (χ1) is 17.9. The number of benzene rings is 4. The number of amides is 3. The standard InChI is InChI=1S/C29H22Cl2N2O4/c1-2-37-25-12-4-3-11-24(25)32(27(34)19-15-20(30)17-21(31)16-19)13-14-33-28(35)22-9-5-7-18-8-6-10-23(26(18)22)29(33)36/h3-12,15-17H,2,13-14H2,1H3. The topological polar surface area (TPSA) is 66.9 Å². The van der Waals surface area contributed by atoms with Crippen LogP contribution in [-0.4, -0.2) is 42.3 Å². The third-order valence-corrected chi connectivity index (χ3v) is 6.65. The zero-order valence-corrected chi connectivity index (χ0v) is 21.4. The second-order valence-corrected chi connectivity index (χ2v) is 9.36. The zero-order valence-electron chi connectivity index (χ0n) is 19.9. The summed E-state index contributed by atoms with van der Waals surface area (Å²) >= 11 is 12.3. The Morgan fingerprint density at radius 3 is 2.11 bits per heavy atom. The van der Waals surface area contributed by atoms with Crippen LogP contribution in [0, 0.1) is 0 Å². The Hall–Kier alpha value is -3.87. The van der Waals surface area contributed by atoms with E-state index in [9.17, 15) is 14.4 Å². The van der Waals surface area contributed by atoms with Crippen LogP contribution in [0.15, 0.2) is 78.9 Å². The van der Waals surface area contributed by atoms with Gasteiger partial charge in [0, 0.05) is 45.2 Å². The third kappa shape index (κ3) is 4.66. The van der Waals surface area contributed by atoms with Crippen LogP contribution in [0.4, 0.5) is 5.69 Å². The average molecular weight is 533 g/mol. The number of hydrogen-bond donors (Lipinski definition) is 0. The Morgan fingerprint density at radius 2 is 1.49 bits per heavy atom. The lowest BCUT2D eigenvalue weighted by atomic mass is 9.94. The van der Waals surface area contributed by atoms with Gasteiger partial charge >= 0.3 is 0 Å². The summed E-state index contributed by atoms with van der Waals surface area (Å²) in [5, 5.41) is 2.12. The van der Waals surface area contributed by atoms with Gasteiger partial charge in [0.05, 0.1) is 12.3 Å². The van der Waals surface area contributed by atoms with Gasteiger partial charge in [-0.3, -0.25) is 19.3 Å². The van der Waals surface area contributed by atoms with Crippen molar-refractivity contribution in [2.45, 2.75) is 6.92 Å². The van der Waals surface area contributed by atoms with Gasteiger partial charge in [-0.25, -0.2) is 0 Å². The number of hydrogen-bond acceptors (Lipinski definition) is 4. The Balaban J connectivity index is 1.52. The average Bonchev–Trinajstić information content (AvgIpc) is 2.89. The molecule has 4 aromatic rings. The Labute approximate surface area is 224 Å². The molecule has 0 spiro atoms. The van der Waals surface area contributed by atoms with E-state index in [0.29, 0.717) is 44.6 Å². The SMILES string of the molecule is CCOc1ccccc1N(CCN1C(=O)c2cccc3cccc(c23)C1=O)C(=O)c1cc(Cl)cc(Cl)c1. The van der Waals surface area contributed by atoms with E-state index >= 15 is 0 Å². The molecule has 0 saturated carbocycles. The molecule has 0 aliphatic carbocycles. The summed E-state index contributed by atoms with van der Waals surface area (Å²) in [6.07, 6.45) is 0. The lowest BCUT2D eigenvalue weighted by Crippen LogP contribution is -2.46. The molecular formula is C29H22Cl2N2O4. The molecule has 4 aromatic carbocycles. The number of carbonyl (C=O) groups excluding carboxylic acids is 3. The molecule has 1 aliphatic heterocycles. The summed E-state index contributed by atoms with van der Waals surface area (Å²) in [4.78, 5) is 43.2. The van der Waals surface area contributed by atoms with Crippen LogP contribution >= 0.6 is 23.2 Å². The van der Waals surface area contributed by atoms with Crippen molar-refractivity contribution in [3.8, 4) is 5.75 Å². The van der Waals surface area contributed by atoms with Gasteiger partial charge in [-0.2, -0.15) is 0 Å². The first kappa shape index (κ1) is 24.8. The number of anilines is 1. The van der Waals surface area contributed by atoms with Gasteiger partial charge in [-0.15, -0.1) is 0 Å². The summed E-state index contributed by atoms with van der Waals surface area (Å²) < 4.78 is 5.78. The molecule has 0 N–H and O–H groups in total. The highest BCUT2D eigenvalue weighted by Gasteiger charge is 2.33. The fraction of sp³-hybridized carbons (Fsp3) is 0.138. The molecule has 1 heterocycles. The van der Waals surface area contributed by atoms with Crippen molar-refractivity contribution < 1.29 is 19.1 Å². The minimum Gasteiger partial charge on any atom is -0.492 e. The fourth-order valence-electron chi connectivity index (χ4n) is 4.61. The molecular weight excluding hydrogens is 511 g/mol. The molecule has 0 aromatic heterocycles. The van der Waals surface area contributed by atoms with Crippen LogP contribution in [0.3, 0.4) is 0 Å². The van der Waals surface area contributed by atoms with Gasteiger partial charge in [-0.1, -0.05) is 59.6 Å². The molecule has 8 heteroatoms. The van der Waals surface area contributed by atoms with Crippen molar-refractivity contribution >= 4 is 57.4 Å². The Bertz CT molecular complexity index is 1480. The minimum atomic E-state index is -0.398. The summed E-state index contributed by atoms with van der Waals surface area (Å²) in [6, 6.07) is 22.5. The van der Waals surface area contributed by atoms with Crippen LogP contribution in [0.1, 0.15) is 38.0 Å². The second-order valence-electron chi connectivity index (χ2n) is 8.49. The Morgan fingerprint density at radius 1 is 0.865 bits per heavy atom. The van der Waals surface area contributed by atoms with Gasteiger partial charge in [0.15, 0.2) is 0 Å². The minimum absolute atomic E-state index is 0.0249. The maximum Gasteiger partial charge on any atom is 0.261 e. The molecule has 186 valence electrons. The van der Waals surface area contributed by atoms with Crippen LogP contribution in [-0.2, 0) is 0 Å². The maximum atomic E-state index is 13.8. The predicted molar refractivity (Wildman–Crippen MR) is 145 cm³/mol. The summed E-state index contributed by atoms with van der Waals surface area (Å²) in [6.45, 7) is 2.25. The molecule has 0 unspecified atom stereocenters. The maximum absolute atomic E-state index is 13.8. The van der Waals surface area contributed by atoms with Crippen molar-refractivity contribution in [1.82, 2.24) is 4.90 Å². The smallest absolute Gasteiger partial charge is 0.261 e. The third-order valence-electron chi connectivity index (χ3n) is 6.21. The van der Waals surface area contributed by atoms with Gasteiger partial charge in [0.25, 0.3) is 17.7 Å². The van der Waals surface area contributed by atoms with E-state index < -0.39 is 17.7 Å². The van der Waals surface area contributed by atoms with E-state index in [4.69, 9.17) is 27.9 Å². The van der Waals surface area contributed by atoms with E-state index in [1.165, 1.54) is 21.9 Å². The van der Waals surface area contributed by atoms with E-state index in [0.717, 1.165) is 5.39 Å². The van der Waals surface area contributed by atoms with Gasteiger partial charge in [0.2, 0.25) is 0 Å². The predicted octanol–water partition coefficient (Wildman–Crippen LogP) is 6.49. The number of para-hydroxylation sites is 2. The molecule has 1 aliphatic rings. The van der Waals surface area contributed by atoms with Crippen molar-refractivity contribution in [1.29, 1.82) is 0 Å². The molecule has 5 rings (SSSR count). The van der Waals surface area contributed by atoms with Crippen LogP contribution < -0.4 is 9.64 Å². The highest BCUT2D eigenvalue weighted by Crippen LogP contribution is 2.32. The van der Waals surface area contributed by atoms with Crippen molar-refractivity contribution in [2.24, 2.45) is 0 Å². The summed E-state index contributed by atoms with van der Waals surface area (Å²) in [5.41, 5.74) is 1.70. The molecule has 6 nitrogen and oxygen atoms in total. The molecule has 0 atom stereocenters. The quantitative estimate of drug-likeness (QED) is 0.255. The second kappa shape index (κ2) is 10.2. The fourth-order valence-corrected chi connectivity index (χ4v) is 5.13. The van der Waals surface area contributed by atoms with E-state index in [1.54, 1.807) is 48.5 Å². The van der Waals surface area contributed by atoms with E-state index in [2.05, 4.69) is 0 Å². The van der Waals surface area contributed by atoms with Gasteiger partial charge < -0.3 is 9.64 Å². The summed E-state index contributed by atoms with van der Waals surface area (Å²) in [7, 11) is 0. The van der Waals surface area contributed by atoms with Gasteiger partial charge in [-0.05, 0) is 54.8 Å². The van der Waals surface area contributed by atoms with E-state index in [-0.39, 0.29) is 18.7 Å². The first-order valence-electron chi connectivity index (χ1n) is 11.8.